The third-order valence-corrected chi connectivity index (χ3v) is 3.47. The normalized spacial score (nSPS) is 16.1. The number of nitrogens with one attached hydrogen (secondary N) is 1. The molecule has 2 N–H and O–H groups in total. The highest BCUT2D eigenvalue weighted by Crippen LogP contribution is 2.37. The second-order valence-corrected chi connectivity index (χ2v) is 5.78. The van der Waals surface area contributed by atoms with Gasteiger partial charge in [-0.05, 0) is 31.5 Å². The van der Waals surface area contributed by atoms with Crippen LogP contribution in [0.3, 0.4) is 0 Å². The highest BCUT2D eigenvalue weighted by Gasteiger charge is 2.57. The Balaban J connectivity index is 2.80. The summed E-state index contributed by atoms with van der Waals surface area (Å²) in [5, 5.41) is 11.6. The van der Waals surface area contributed by atoms with Crippen molar-refractivity contribution in [1.82, 2.24) is 5.32 Å². The molecule has 0 unspecified atom stereocenters. The first-order chi connectivity index (χ1) is 11.7. The number of ether oxygens (including phenoxy) is 1. The fourth-order valence-electron chi connectivity index (χ4n) is 2.02. The summed E-state index contributed by atoms with van der Waals surface area (Å²) >= 11 is 0. The van der Waals surface area contributed by atoms with Crippen molar-refractivity contribution in [2.75, 3.05) is 0 Å². The summed E-state index contributed by atoms with van der Waals surface area (Å²) in [6.45, 7) is 1.71. The number of carbonyl (C=O) groups is 1. The van der Waals surface area contributed by atoms with Crippen LogP contribution in [0.2, 0.25) is 0 Å². The average Bonchev–Trinajstić information content (AvgIpc) is 2.44. The smallest absolute Gasteiger partial charge is 0.406 e. The quantitative estimate of drug-likeness (QED) is 0.696. The van der Waals surface area contributed by atoms with E-state index < -0.39 is 48.4 Å². The van der Waals surface area contributed by atoms with Crippen molar-refractivity contribution in [2.45, 2.75) is 50.6 Å². The van der Waals surface area contributed by atoms with Crippen molar-refractivity contribution in [1.29, 1.82) is 0 Å². The number of halogens is 7. The molecule has 0 spiro atoms. The Morgan fingerprint density at radius 1 is 1.23 bits per heavy atom. The molecule has 148 valence electrons. The molecule has 1 aromatic carbocycles. The number of rotatable bonds is 7. The first-order valence-corrected chi connectivity index (χ1v) is 7.19. The van der Waals surface area contributed by atoms with Crippen molar-refractivity contribution in [3.05, 3.63) is 29.8 Å². The molecular formula is C15H16F7NO3. The minimum Gasteiger partial charge on any atom is -0.406 e. The SMILES string of the molecule is C[C@H](NC(=O)C[C@@](C)(O)C(F)(F)C(F)F)c1cccc(OC(F)(F)F)c1. The largest absolute Gasteiger partial charge is 0.573 e. The van der Waals surface area contributed by atoms with Gasteiger partial charge in [-0.15, -0.1) is 13.2 Å². The first-order valence-electron chi connectivity index (χ1n) is 7.19. The van der Waals surface area contributed by atoms with Crippen LogP contribution in [0.1, 0.15) is 31.9 Å². The van der Waals surface area contributed by atoms with Crippen LogP contribution in [-0.2, 0) is 4.79 Å². The molecule has 0 aliphatic carbocycles. The van der Waals surface area contributed by atoms with Gasteiger partial charge >= 0.3 is 18.7 Å². The Labute approximate surface area is 143 Å². The zero-order chi connectivity index (χ0) is 20.3. The number of hydrogen-bond donors (Lipinski definition) is 2. The van der Waals surface area contributed by atoms with Crippen molar-refractivity contribution in [3.63, 3.8) is 0 Å². The van der Waals surface area contributed by atoms with E-state index in [2.05, 4.69) is 10.1 Å². The van der Waals surface area contributed by atoms with Crippen molar-refractivity contribution < 1.29 is 45.4 Å². The van der Waals surface area contributed by atoms with E-state index in [0.29, 0.717) is 6.92 Å². The lowest BCUT2D eigenvalue weighted by atomic mass is 9.93. The number of amides is 1. The van der Waals surface area contributed by atoms with Gasteiger partial charge in [0, 0.05) is 0 Å². The van der Waals surface area contributed by atoms with Gasteiger partial charge in [-0.3, -0.25) is 4.79 Å². The van der Waals surface area contributed by atoms with Crippen LogP contribution in [0.25, 0.3) is 0 Å². The molecule has 4 nitrogen and oxygen atoms in total. The van der Waals surface area contributed by atoms with Gasteiger partial charge in [0.1, 0.15) is 11.4 Å². The predicted molar refractivity (Wildman–Crippen MR) is 75.9 cm³/mol. The molecule has 0 radical (unpaired) electrons. The van der Waals surface area contributed by atoms with Gasteiger partial charge < -0.3 is 15.2 Å². The molecule has 0 aliphatic heterocycles. The summed E-state index contributed by atoms with van der Waals surface area (Å²) in [4.78, 5) is 11.8. The number of aliphatic hydroxyl groups is 1. The van der Waals surface area contributed by atoms with Gasteiger partial charge in [-0.25, -0.2) is 8.78 Å². The van der Waals surface area contributed by atoms with Crippen molar-refractivity contribution in [3.8, 4) is 5.75 Å². The number of alkyl halides is 7. The molecule has 1 aromatic rings. The zero-order valence-electron chi connectivity index (χ0n) is 13.6. The molecule has 26 heavy (non-hydrogen) atoms. The maximum absolute atomic E-state index is 13.3. The Hall–Kier alpha value is -2.04. The summed E-state index contributed by atoms with van der Waals surface area (Å²) < 4.78 is 91.4. The van der Waals surface area contributed by atoms with E-state index in [0.717, 1.165) is 12.1 Å². The average molecular weight is 391 g/mol. The third-order valence-electron chi connectivity index (χ3n) is 3.47. The molecule has 0 saturated carbocycles. The van der Waals surface area contributed by atoms with Gasteiger partial charge in [0.15, 0.2) is 0 Å². The Bertz CT molecular complexity index is 632. The third kappa shape index (κ3) is 5.75. The monoisotopic (exact) mass is 391 g/mol. The maximum Gasteiger partial charge on any atom is 0.573 e. The Morgan fingerprint density at radius 2 is 1.81 bits per heavy atom. The van der Waals surface area contributed by atoms with Crippen LogP contribution in [0.4, 0.5) is 30.7 Å². The Morgan fingerprint density at radius 3 is 2.31 bits per heavy atom. The number of benzene rings is 1. The van der Waals surface area contributed by atoms with Crippen LogP contribution in [0, 0.1) is 0 Å². The molecule has 1 rings (SSSR count). The van der Waals surface area contributed by atoms with E-state index in [9.17, 15) is 40.6 Å². The van der Waals surface area contributed by atoms with E-state index in [1.165, 1.54) is 19.1 Å². The minimum absolute atomic E-state index is 0.139. The van der Waals surface area contributed by atoms with Crippen LogP contribution >= 0.6 is 0 Å². The summed E-state index contributed by atoms with van der Waals surface area (Å²) in [7, 11) is 0. The van der Waals surface area contributed by atoms with E-state index in [1.807, 2.05) is 0 Å². The number of hydrogen-bond acceptors (Lipinski definition) is 3. The van der Waals surface area contributed by atoms with Crippen LogP contribution < -0.4 is 10.1 Å². The highest BCUT2D eigenvalue weighted by molar-refractivity contribution is 5.77. The Kier molecular flexibility index (Phi) is 6.50. The van der Waals surface area contributed by atoms with Crippen molar-refractivity contribution in [2.24, 2.45) is 0 Å². The highest BCUT2D eigenvalue weighted by atomic mass is 19.4. The van der Waals surface area contributed by atoms with Gasteiger partial charge in [0.05, 0.1) is 12.5 Å². The van der Waals surface area contributed by atoms with E-state index in [1.54, 1.807) is 0 Å². The molecule has 0 fully saturated rings. The summed E-state index contributed by atoms with van der Waals surface area (Å²) in [5.74, 6) is -6.58. The fraction of sp³-hybridized carbons (Fsp3) is 0.533. The zero-order valence-corrected chi connectivity index (χ0v) is 13.6. The van der Waals surface area contributed by atoms with Crippen LogP contribution in [0.5, 0.6) is 5.75 Å². The second-order valence-electron chi connectivity index (χ2n) is 5.78. The molecule has 1 amide bonds. The number of carbonyl (C=O) groups excluding carboxylic acids is 1. The lowest BCUT2D eigenvalue weighted by molar-refractivity contribution is -0.274. The molecular weight excluding hydrogens is 375 g/mol. The lowest BCUT2D eigenvalue weighted by Gasteiger charge is -2.31. The molecule has 0 heterocycles. The first kappa shape index (κ1) is 22.0. The van der Waals surface area contributed by atoms with Crippen molar-refractivity contribution >= 4 is 5.91 Å². The minimum atomic E-state index is -4.93. The van der Waals surface area contributed by atoms with Crippen LogP contribution in [-0.4, -0.2) is 35.3 Å². The lowest BCUT2D eigenvalue weighted by Crippen LogP contribution is -2.53. The summed E-state index contributed by atoms with van der Waals surface area (Å²) in [5.41, 5.74) is -3.17. The molecule has 2 atom stereocenters. The standard InChI is InChI=1S/C15H16F7NO3/c1-8(9-4-3-5-10(6-9)26-15(20,21)22)23-11(24)7-13(2,25)14(18,19)12(16)17/h3-6,8,12,25H,7H2,1-2H3,(H,23,24)/t8-,13+/m0/s1. The van der Waals surface area contributed by atoms with Gasteiger partial charge in [0.2, 0.25) is 5.91 Å². The molecule has 0 aliphatic rings. The van der Waals surface area contributed by atoms with Crippen LogP contribution in [0.15, 0.2) is 24.3 Å². The second kappa shape index (κ2) is 7.68. The van der Waals surface area contributed by atoms with Gasteiger partial charge in [-0.2, -0.15) is 8.78 Å². The summed E-state index contributed by atoms with van der Waals surface area (Å²) in [6, 6.07) is 3.56. The van der Waals surface area contributed by atoms with Gasteiger partial charge in [-0.1, -0.05) is 12.1 Å². The molecule has 0 aromatic heterocycles. The maximum atomic E-state index is 13.3. The fourth-order valence-corrected chi connectivity index (χ4v) is 2.02. The van der Waals surface area contributed by atoms with E-state index >= 15 is 0 Å². The van der Waals surface area contributed by atoms with E-state index in [-0.39, 0.29) is 5.56 Å². The molecule has 0 bridgehead atoms. The van der Waals surface area contributed by atoms with E-state index in [4.69, 9.17) is 0 Å². The topological polar surface area (TPSA) is 58.6 Å². The molecule has 11 heteroatoms. The predicted octanol–water partition coefficient (Wildman–Crippen LogP) is 3.80. The summed E-state index contributed by atoms with van der Waals surface area (Å²) in [6.07, 6.45) is -10.4. The van der Waals surface area contributed by atoms with Gasteiger partial charge in [0.25, 0.3) is 0 Å². The molecule has 0 saturated heterocycles.